The fourth-order valence-electron chi connectivity index (χ4n) is 1.87. The van der Waals surface area contributed by atoms with Crippen LogP contribution in [-0.4, -0.2) is 9.55 Å². The first-order chi connectivity index (χ1) is 7.61. The molecule has 2 rings (SSSR count). The predicted molar refractivity (Wildman–Crippen MR) is 65.7 cm³/mol. The standard InChI is InChI=1S/C14H14N2/c1-5-13-8-10(2)9-14(15-13)16-11(3)6-7-12(16)4/h1,6-9H,2-4H3. The number of pyridine rings is 1. The monoisotopic (exact) mass is 210 g/mol. The zero-order valence-corrected chi connectivity index (χ0v) is 9.78. The van der Waals surface area contributed by atoms with Gasteiger partial charge in [-0.2, -0.15) is 0 Å². The third kappa shape index (κ3) is 1.72. The van der Waals surface area contributed by atoms with E-state index in [0.29, 0.717) is 5.69 Å². The van der Waals surface area contributed by atoms with Crippen LogP contribution < -0.4 is 0 Å². The number of nitrogens with zero attached hydrogens (tertiary/aromatic N) is 2. The first-order valence-corrected chi connectivity index (χ1v) is 5.22. The summed E-state index contributed by atoms with van der Waals surface area (Å²) in [5.74, 6) is 3.48. The maximum Gasteiger partial charge on any atom is 0.138 e. The summed E-state index contributed by atoms with van der Waals surface area (Å²) < 4.78 is 2.10. The third-order valence-electron chi connectivity index (χ3n) is 2.60. The van der Waals surface area contributed by atoms with Gasteiger partial charge in [-0.1, -0.05) is 5.92 Å². The van der Waals surface area contributed by atoms with Gasteiger partial charge in [0.2, 0.25) is 0 Å². The Bertz CT molecular complexity index is 551. The molecular formula is C14H14N2. The van der Waals surface area contributed by atoms with Crippen molar-refractivity contribution < 1.29 is 0 Å². The number of terminal acetylenes is 1. The van der Waals surface area contributed by atoms with E-state index < -0.39 is 0 Å². The lowest BCUT2D eigenvalue weighted by atomic mass is 10.2. The van der Waals surface area contributed by atoms with Gasteiger partial charge in [0, 0.05) is 11.4 Å². The summed E-state index contributed by atoms with van der Waals surface area (Å²) in [7, 11) is 0. The molecule has 0 saturated heterocycles. The van der Waals surface area contributed by atoms with Crippen molar-refractivity contribution in [3.8, 4) is 18.2 Å². The normalized spacial score (nSPS) is 10.1. The summed E-state index contributed by atoms with van der Waals surface area (Å²) in [4.78, 5) is 4.44. The highest BCUT2D eigenvalue weighted by Crippen LogP contribution is 2.16. The summed E-state index contributed by atoms with van der Waals surface area (Å²) in [5.41, 5.74) is 4.14. The first kappa shape index (κ1) is 10.5. The highest BCUT2D eigenvalue weighted by molar-refractivity contribution is 5.39. The van der Waals surface area contributed by atoms with Gasteiger partial charge in [0.05, 0.1) is 0 Å². The Morgan fingerprint density at radius 2 is 1.75 bits per heavy atom. The Hall–Kier alpha value is -2.01. The Morgan fingerprint density at radius 1 is 1.12 bits per heavy atom. The van der Waals surface area contributed by atoms with E-state index in [9.17, 15) is 0 Å². The van der Waals surface area contributed by atoms with E-state index in [-0.39, 0.29) is 0 Å². The van der Waals surface area contributed by atoms with Crippen LogP contribution in [-0.2, 0) is 0 Å². The molecule has 0 atom stereocenters. The van der Waals surface area contributed by atoms with Crippen molar-refractivity contribution in [2.24, 2.45) is 0 Å². The molecule has 0 N–H and O–H groups in total. The average molecular weight is 210 g/mol. The molecule has 16 heavy (non-hydrogen) atoms. The molecule has 2 nitrogen and oxygen atoms in total. The molecule has 0 unspecified atom stereocenters. The van der Waals surface area contributed by atoms with Crippen molar-refractivity contribution in [1.82, 2.24) is 9.55 Å². The van der Waals surface area contributed by atoms with E-state index in [1.165, 1.54) is 11.4 Å². The summed E-state index contributed by atoms with van der Waals surface area (Å²) in [6.07, 6.45) is 5.40. The van der Waals surface area contributed by atoms with Gasteiger partial charge in [-0.3, -0.25) is 0 Å². The fourth-order valence-corrected chi connectivity index (χ4v) is 1.87. The van der Waals surface area contributed by atoms with Crippen LogP contribution in [0.4, 0.5) is 0 Å². The lowest BCUT2D eigenvalue weighted by Gasteiger charge is -2.09. The maximum atomic E-state index is 5.40. The fraction of sp³-hybridized carbons (Fsp3) is 0.214. The predicted octanol–water partition coefficient (Wildman–Crippen LogP) is 2.78. The van der Waals surface area contributed by atoms with Gasteiger partial charge in [-0.25, -0.2) is 4.98 Å². The highest BCUT2D eigenvalue weighted by atomic mass is 15.1. The van der Waals surface area contributed by atoms with Crippen LogP contribution in [0.25, 0.3) is 5.82 Å². The van der Waals surface area contributed by atoms with Crippen LogP contribution >= 0.6 is 0 Å². The number of rotatable bonds is 1. The molecule has 0 amide bonds. The smallest absolute Gasteiger partial charge is 0.138 e. The van der Waals surface area contributed by atoms with Gasteiger partial charge in [0.25, 0.3) is 0 Å². The minimum atomic E-state index is 0.683. The molecule has 0 radical (unpaired) electrons. The van der Waals surface area contributed by atoms with Gasteiger partial charge >= 0.3 is 0 Å². The zero-order chi connectivity index (χ0) is 11.7. The summed E-state index contributed by atoms with van der Waals surface area (Å²) in [5, 5.41) is 0. The second-order valence-corrected chi connectivity index (χ2v) is 3.98. The van der Waals surface area contributed by atoms with Gasteiger partial charge < -0.3 is 4.57 Å². The lowest BCUT2D eigenvalue weighted by Crippen LogP contribution is -2.03. The molecule has 0 fully saturated rings. The van der Waals surface area contributed by atoms with Crippen LogP contribution in [0.15, 0.2) is 24.3 Å². The molecule has 0 aliphatic heterocycles. The van der Waals surface area contributed by atoms with Crippen molar-refractivity contribution in [1.29, 1.82) is 0 Å². The minimum absolute atomic E-state index is 0.683. The van der Waals surface area contributed by atoms with Crippen molar-refractivity contribution in [3.05, 3.63) is 46.9 Å². The zero-order valence-electron chi connectivity index (χ0n) is 9.78. The van der Waals surface area contributed by atoms with Crippen LogP contribution in [0, 0.1) is 33.1 Å². The van der Waals surface area contributed by atoms with E-state index in [0.717, 1.165) is 11.4 Å². The molecule has 0 saturated carbocycles. The van der Waals surface area contributed by atoms with Crippen LogP contribution in [0.2, 0.25) is 0 Å². The molecule has 2 aromatic heterocycles. The van der Waals surface area contributed by atoms with Crippen molar-refractivity contribution in [2.75, 3.05) is 0 Å². The highest BCUT2D eigenvalue weighted by Gasteiger charge is 2.06. The second-order valence-electron chi connectivity index (χ2n) is 3.98. The summed E-state index contributed by atoms with van der Waals surface area (Å²) >= 11 is 0. The van der Waals surface area contributed by atoms with Crippen LogP contribution in [0.1, 0.15) is 22.6 Å². The van der Waals surface area contributed by atoms with Crippen molar-refractivity contribution >= 4 is 0 Å². The number of aryl methyl sites for hydroxylation is 3. The Morgan fingerprint density at radius 3 is 2.31 bits per heavy atom. The largest absolute Gasteiger partial charge is 0.303 e. The van der Waals surface area contributed by atoms with E-state index in [4.69, 9.17) is 6.42 Å². The van der Waals surface area contributed by atoms with E-state index >= 15 is 0 Å². The average Bonchev–Trinajstić information content (AvgIpc) is 2.57. The molecule has 0 aromatic carbocycles. The van der Waals surface area contributed by atoms with Gasteiger partial charge in [0.15, 0.2) is 0 Å². The van der Waals surface area contributed by atoms with E-state index in [1.54, 1.807) is 0 Å². The third-order valence-corrected chi connectivity index (χ3v) is 2.60. The molecule has 2 heteroatoms. The summed E-state index contributed by atoms with van der Waals surface area (Å²) in [6.45, 7) is 6.15. The summed E-state index contributed by atoms with van der Waals surface area (Å²) in [6, 6.07) is 8.11. The van der Waals surface area contributed by atoms with Crippen molar-refractivity contribution in [3.63, 3.8) is 0 Å². The second kappa shape index (κ2) is 3.86. The SMILES string of the molecule is C#Cc1cc(C)cc(-n2c(C)ccc2C)n1. The lowest BCUT2D eigenvalue weighted by molar-refractivity contribution is 0.916. The number of hydrogen-bond donors (Lipinski definition) is 0. The number of aromatic nitrogens is 2. The van der Waals surface area contributed by atoms with E-state index in [2.05, 4.69) is 41.5 Å². The Labute approximate surface area is 96.0 Å². The molecule has 0 aliphatic carbocycles. The first-order valence-electron chi connectivity index (χ1n) is 5.22. The molecule has 0 bridgehead atoms. The maximum absolute atomic E-state index is 5.40. The molecule has 2 heterocycles. The Balaban J connectivity index is 2.65. The molecule has 0 aliphatic rings. The van der Waals surface area contributed by atoms with Crippen LogP contribution in [0.5, 0.6) is 0 Å². The quantitative estimate of drug-likeness (QED) is 0.662. The molecule has 80 valence electrons. The molecule has 2 aromatic rings. The van der Waals surface area contributed by atoms with Gasteiger partial charge in [-0.05, 0) is 50.6 Å². The Kier molecular flexibility index (Phi) is 2.54. The molecule has 0 spiro atoms. The van der Waals surface area contributed by atoms with Gasteiger partial charge in [0.1, 0.15) is 11.5 Å². The van der Waals surface area contributed by atoms with E-state index in [1.807, 2.05) is 19.1 Å². The topological polar surface area (TPSA) is 17.8 Å². The van der Waals surface area contributed by atoms with Gasteiger partial charge in [-0.15, -0.1) is 6.42 Å². The minimum Gasteiger partial charge on any atom is -0.303 e. The van der Waals surface area contributed by atoms with Crippen molar-refractivity contribution in [2.45, 2.75) is 20.8 Å². The number of hydrogen-bond acceptors (Lipinski definition) is 1. The molecular weight excluding hydrogens is 196 g/mol. The van der Waals surface area contributed by atoms with Crippen LogP contribution in [0.3, 0.4) is 0 Å².